The molecule has 0 spiro atoms. The number of benzene rings is 1. The average Bonchev–Trinajstić information content (AvgIpc) is 2.35. The zero-order valence-electron chi connectivity index (χ0n) is 10.6. The third-order valence-electron chi connectivity index (χ3n) is 2.74. The van der Waals surface area contributed by atoms with Gasteiger partial charge >= 0.3 is 6.03 Å². The summed E-state index contributed by atoms with van der Waals surface area (Å²) in [7, 11) is 0. The first-order valence-corrected chi connectivity index (χ1v) is 6.38. The van der Waals surface area contributed by atoms with E-state index in [1.54, 1.807) is 6.07 Å². The topological polar surface area (TPSA) is 61.4 Å². The molecule has 0 aliphatic carbocycles. The zero-order valence-corrected chi connectivity index (χ0v) is 11.4. The van der Waals surface area contributed by atoms with Gasteiger partial charge in [-0.05, 0) is 31.0 Å². The van der Waals surface area contributed by atoms with Crippen molar-refractivity contribution in [3.8, 4) is 0 Å². The highest BCUT2D eigenvalue weighted by Gasteiger charge is 2.12. The summed E-state index contributed by atoms with van der Waals surface area (Å²) in [5.74, 6) is 0. The van der Waals surface area contributed by atoms with E-state index in [2.05, 4.69) is 10.6 Å². The first-order valence-electron chi connectivity index (χ1n) is 6.00. The monoisotopic (exact) mass is 270 g/mol. The van der Waals surface area contributed by atoms with Crippen molar-refractivity contribution in [3.05, 3.63) is 34.9 Å². The van der Waals surface area contributed by atoms with Gasteiger partial charge in [-0.2, -0.15) is 0 Å². The van der Waals surface area contributed by atoms with Gasteiger partial charge in [0, 0.05) is 5.02 Å². The predicted molar refractivity (Wildman–Crippen MR) is 72.7 cm³/mol. The van der Waals surface area contributed by atoms with Gasteiger partial charge in [0.15, 0.2) is 0 Å². The molecule has 1 aromatic carbocycles. The van der Waals surface area contributed by atoms with Crippen LogP contribution in [-0.4, -0.2) is 23.8 Å². The quantitative estimate of drug-likeness (QED) is 0.770. The third-order valence-corrected chi connectivity index (χ3v) is 2.98. The first kappa shape index (κ1) is 14.8. The minimum atomic E-state index is -0.289. The molecule has 0 saturated heterocycles. The number of hydrogen-bond donors (Lipinski definition) is 3. The summed E-state index contributed by atoms with van der Waals surface area (Å²) < 4.78 is 0. The normalized spacial score (nSPS) is 13.8. The molecule has 5 heteroatoms. The highest BCUT2D eigenvalue weighted by Crippen LogP contribution is 2.17. The van der Waals surface area contributed by atoms with E-state index in [1.807, 2.05) is 32.0 Å². The summed E-state index contributed by atoms with van der Waals surface area (Å²) in [6.45, 7) is 3.72. The van der Waals surface area contributed by atoms with Gasteiger partial charge in [-0.1, -0.05) is 30.7 Å². The fraction of sp³-hybridized carbons (Fsp3) is 0.462. The number of carbonyl (C=O) groups is 1. The van der Waals surface area contributed by atoms with Crippen LogP contribution in [0, 0.1) is 0 Å². The van der Waals surface area contributed by atoms with E-state index in [0.717, 1.165) is 5.56 Å². The molecular formula is C13H19ClN2O2. The fourth-order valence-corrected chi connectivity index (χ4v) is 1.76. The van der Waals surface area contributed by atoms with E-state index >= 15 is 0 Å². The van der Waals surface area contributed by atoms with Crippen LogP contribution in [0.4, 0.5) is 4.79 Å². The summed E-state index contributed by atoms with van der Waals surface area (Å²) in [6, 6.07) is 6.71. The summed E-state index contributed by atoms with van der Waals surface area (Å²) in [5, 5.41) is 15.1. The van der Waals surface area contributed by atoms with Crippen molar-refractivity contribution in [1.29, 1.82) is 0 Å². The molecule has 0 aliphatic heterocycles. The Kier molecular flexibility index (Phi) is 5.95. The molecule has 2 amide bonds. The summed E-state index contributed by atoms with van der Waals surface area (Å²) in [4.78, 5) is 11.7. The number of urea groups is 1. The minimum Gasteiger partial charge on any atom is -0.394 e. The Hall–Kier alpha value is -1.26. The first-order chi connectivity index (χ1) is 8.56. The van der Waals surface area contributed by atoms with Crippen LogP contribution in [-0.2, 0) is 0 Å². The van der Waals surface area contributed by atoms with E-state index in [1.165, 1.54) is 0 Å². The molecule has 0 aromatic heterocycles. The number of carbonyl (C=O) groups excluding carboxylic acids is 1. The Morgan fingerprint density at radius 1 is 1.44 bits per heavy atom. The highest BCUT2D eigenvalue weighted by molar-refractivity contribution is 6.30. The lowest BCUT2D eigenvalue weighted by Gasteiger charge is -2.18. The molecule has 0 aliphatic rings. The Morgan fingerprint density at radius 3 is 2.72 bits per heavy atom. The summed E-state index contributed by atoms with van der Waals surface area (Å²) in [5.41, 5.74) is 0.940. The van der Waals surface area contributed by atoms with Gasteiger partial charge in [0.2, 0.25) is 0 Å². The maximum atomic E-state index is 11.7. The van der Waals surface area contributed by atoms with Gasteiger partial charge in [-0.25, -0.2) is 4.79 Å². The van der Waals surface area contributed by atoms with Gasteiger partial charge in [-0.15, -0.1) is 0 Å². The number of aliphatic hydroxyl groups excluding tert-OH is 1. The SMILES string of the molecule is CC[C@H](CO)NC(=O)N[C@H](C)c1cccc(Cl)c1. The maximum Gasteiger partial charge on any atom is 0.315 e. The zero-order chi connectivity index (χ0) is 13.5. The second kappa shape index (κ2) is 7.24. The van der Waals surface area contributed by atoms with Crippen molar-refractivity contribution < 1.29 is 9.90 Å². The summed E-state index contributed by atoms with van der Waals surface area (Å²) >= 11 is 5.89. The number of halogens is 1. The van der Waals surface area contributed by atoms with Gasteiger partial charge < -0.3 is 15.7 Å². The molecule has 0 radical (unpaired) electrons. The standard InChI is InChI=1S/C13H19ClN2O2/c1-3-12(8-17)16-13(18)15-9(2)10-5-4-6-11(14)7-10/h4-7,9,12,17H,3,8H2,1-2H3,(H2,15,16,18)/t9-,12-/m1/s1. The molecule has 0 heterocycles. The van der Waals surface area contributed by atoms with Gasteiger partial charge in [0.25, 0.3) is 0 Å². The number of nitrogens with one attached hydrogen (secondary N) is 2. The summed E-state index contributed by atoms with van der Waals surface area (Å²) in [6.07, 6.45) is 0.690. The van der Waals surface area contributed by atoms with Gasteiger partial charge in [-0.3, -0.25) is 0 Å². The molecule has 0 unspecified atom stereocenters. The minimum absolute atomic E-state index is 0.0601. The molecule has 1 aromatic rings. The van der Waals surface area contributed by atoms with Crippen molar-refractivity contribution in [3.63, 3.8) is 0 Å². The molecule has 100 valence electrons. The van der Waals surface area contributed by atoms with Gasteiger partial charge in [0.05, 0.1) is 18.7 Å². The molecule has 3 N–H and O–H groups in total. The Labute approximate surface area is 112 Å². The van der Waals surface area contributed by atoms with Crippen LogP contribution >= 0.6 is 11.6 Å². The number of hydrogen-bond acceptors (Lipinski definition) is 2. The molecule has 4 nitrogen and oxygen atoms in total. The third kappa shape index (κ3) is 4.55. The van der Waals surface area contributed by atoms with Crippen LogP contribution in [0.1, 0.15) is 31.9 Å². The lowest BCUT2D eigenvalue weighted by atomic mass is 10.1. The molecule has 0 saturated carbocycles. The Morgan fingerprint density at radius 2 is 2.17 bits per heavy atom. The van der Waals surface area contributed by atoms with Crippen LogP contribution in [0.2, 0.25) is 5.02 Å². The number of aliphatic hydroxyl groups is 1. The molecule has 2 atom stereocenters. The molecule has 1 rings (SSSR count). The van der Waals surface area contributed by atoms with Crippen LogP contribution in [0.3, 0.4) is 0 Å². The smallest absolute Gasteiger partial charge is 0.315 e. The van der Waals surface area contributed by atoms with Crippen molar-refractivity contribution in [1.82, 2.24) is 10.6 Å². The van der Waals surface area contributed by atoms with E-state index in [4.69, 9.17) is 16.7 Å². The molecule has 0 fully saturated rings. The average molecular weight is 271 g/mol. The molecular weight excluding hydrogens is 252 g/mol. The van der Waals surface area contributed by atoms with Crippen LogP contribution < -0.4 is 10.6 Å². The number of amides is 2. The van der Waals surface area contributed by atoms with Crippen molar-refractivity contribution in [2.75, 3.05) is 6.61 Å². The van der Waals surface area contributed by atoms with Crippen LogP contribution in [0.15, 0.2) is 24.3 Å². The predicted octanol–water partition coefficient (Wildman–Crippen LogP) is 2.47. The Bertz CT molecular complexity index is 394. The second-order valence-electron chi connectivity index (χ2n) is 4.18. The largest absolute Gasteiger partial charge is 0.394 e. The molecule has 18 heavy (non-hydrogen) atoms. The fourth-order valence-electron chi connectivity index (χ4n) is 1.56. The van der Waals surface area contributed by atoms with E-state index < -0.39 is 0 Å². The maximum absolute atomic E-state index is 11.7. The van der Waals surface area contributed by atoms with E-state index in [0.29, 0.717) is 11.4 Å². The van der Waals surface area contributed by atoms with Crippen molar-refractivity contribution in [2.24, 2.45) is 0 Å². The van der Waals surface area contributed by atoms with Crippen LogP contribution in [0.25, 0.3) is 0 Å². The highest BCUT2D eigenvalue weighted by atomic mass is 35.5. The van der Waals surface area contributed by atoms with Crippen molar-refractivity contribution in [2.45, 2.75) is 32.4 Å². The van der Waals surface area contributed by atoms with Crippen LogP contribution in [0.5, 0.6) is 0 Å². The molecule has 0 bridgehead atoms. The lowest BCUT2D eigenvalue weighted by molar-refractivity contribution is 0.212. The van der Waals surface area contributed by atoms with Crippen molar-refractivity contribution >= 4 is 17.6 Å². The number of rotatable bonds is 5. The van der Waals surface area contributed by atoms with E-state index in [-0.39, 0.29) is 24.7 Å². The van der Waals surface area contributed by atoms with Gasteiger partial charge in [0.1, 0.15) is 0 Å². The Balaban J connectivity index is 2.54. The lowest BCUT2D eigenvalue weighted by Crippen LogP contribution is -2.44. The second-order valence-corrected chi connectivity index (χ2v) is 4.62. The van der Waals surface area contributed by atoms with E-state index in [9.17, 15) is 4.79 Å².